The summed E-state index contributed by atoms with van der Waals surface area (Å²) in [7, 11) is -2.64. The molecule has 1 aromatic carbocycles. The van der Waals surface area contributed by atoms with Gasteiger partial charge in [-0.3, -0.25) is 4.79 Å². The van der Waals surface area contributed by atoms with E-state index in [-0.39, 0.29) is 9.88 Å². The second-order valence-electron chi connectivity index (χ2n) is 3.75. The molecular weight excluding hydrogens is 288 g/mol. The second-order valence-corrected chi connectivity index (χ2v) is 5.92. The van der Waals surface area contributed by atoms with Crippen LogP contribution in [-0.4, -0.2) is 33.0 Å². The lowest BCUT2D eigenvalue weighted by Gasteiger charge is -2.10. The van der Waals surface area contributed by atoms with E-state index in [0.29, 0.717) is 11.1 Å². The van der Waals surface area contributed by atoms with Gasteiger partial charge >= 0.3 is 5.97 Å². The largest absolute Gasteiger partial charge is 0.468 e. The van der Waals surface area contributed by atoms with Gasteiger partial charge in [0.2, 0.25) is 10.0 Å². The third kappa shape index (κ3) is 3.98. The summed E-state index contributed by atoms with van der Waals surface area (Å²) in [5.74, 6) is -0.674. The number of hydrogen-bond donors (Lipinski definition) is 2. The Bertz CT molecular complexity index is 611. The van der Waals surface area contributed by atoms with Crippen LogP contribution < -0.4 is 10.5 Å². The summed E-state index contributed by atoms with van der Waals surface area (Å²) >= 11 is 4.80. The molecule has 0 unspecified atom stereocenters. The molecule has 0 aromatic heterocycles. The molecule has 0 saturated heterocycles. The number of rotatable bonds is 5. The Morgan fingerprint density at radius 3 is 2.63 bits per heavy atom. The molecule has 0 atom stereocenters. The van der Waals surface area contributed by atoms with E-state index in [1.807, 2.05) is 0 Å². The molecule has 6 nitrogen and oxygen atoms in total. The highest BCUT2D eigenvalue weighted by Crippen LogP contribution is 2.16. The number of nitrogens with one attached hydrogen (secondary N) is 1. The van der Waals surface area contributed by atoms with Crippen molar-refractivity contribution >= 4 is 33.2 Å². The topological polar surface area (TPSA) is 98.5 Å². The Labute approximate surface area is 117 Å². The van der Waals surface area contributed by atoms with Crippen molar-refractivity contribution in [3.63, 3.8) is 0 Å². The quantitative estimate of drug-likeness (QED) is 0.590. The van der Waals surface area contributed by atoms with Gasteiger partial charge in [-0.15, -0.1) is 0 Å². The summed E-state index contributed by atoms with van der Waals surface area (Å²) < 4.78 is 30.6. The monoisotopic (exact) mass is 302 g/mol. The number of carbonyl (C=O) groups is 1. The van der Waals surface area contributed by atoms with Gasteiger partial charge in [-0.05, 0) is 18.6 Å². The summed E-state index contributed by atoms with van der Waals surface area (Å²) in [5, 5.41) is 0. The van der Waals surface area contributed by atoms with Crippen LogP contribution >= 0.6 is 12.2 Å². The van der Waals surface area contributed by atoms with Gasteiger partial charge in [-0.2, -0.15) is 4.72 Å². The predicted molar refractivity (Wildman–Crippen MR) is 74.3 cm³/mol. The lowest BCUT2D eigenvalue weighted by atomic mass is 10.1. The number of nitrogens with two attached hydrogens (primary N) is 1. The highest BCUT2D eigenvalue weighted by Gasteiger charge is 2.19. The number of sulfonamides is 1. The summed E-state index contributed by atoms with van der Waals surface area (Å²) in [6, 6.07) is 4.61. The normalized spacial score (nSPS) is 11.1. The zero-order valence-electron chi connectivity index (χ0n) is 10.5. The number of benzene rings is 1. The standard InChI is InChI=1S/C11H14N2O4S2/c1-7-3-4-8(11(12)18)5-9(7)19(15,16)13-6-10(14)17-2/h3-5,13H,6H2,1-2H3,(H2,12,18). The van der Waals surface area contributed by atoms with Crippen LogP contribution in [0.15, 0.2) is 23.1 Å². The van der Waals surface area contributed by atoms with E-state index in [4.69, 9.17) is 18.0 Å². The van der Waals surface area contributed by atoms with Crippen molar-refractivity contribution in [3.05, 3.63) is 29.3 Å². The van der Waals surface area contributed by atoms with Crippen LogP contribution in [0.2, 0.25) is 0 Å². The Kier molecular flexibility index (Phi) is 4.98. The van der Waals surface area contributed by atoms with Gasteiger partial charge in [0, 0.05) is 5.56 Å². The fraction of sp³-hybridized carbons (Fsp3) is 0.273. The van der Waals surface area contributed by atoms with Crippen molar-refractivity contribution in [1.29, 1.82) is 0 Å². The Balaban J connectivity index is 3.10. The summed E-state index contributed by atoms with van der Waals surface area (Å²) in [6.45, 7) is 1.20. The van der Waals surface area contributed by atoms with Crippen LogP contribution in [0.25, 0.3) is 0 Å². The van der Waals surface area contributed by atoms with Crippen LogP contribution in [0.1, 0.15) is 11.1 Å². The predicted octanol–water partition coefficient (Wildman–Crippen LogP) is 0.0805. The third-order valence-electron chi connectivity index (χ3n) is 2.40. The molecule has 0 aliphatic heterocycles. The van der Waals surface area contributed by atoms with Crippen molar-refractivity contribution in [1.82, 2.24) is 4.72 Å². The molecule has 0 bridgehead atoms. The summed E-state index contributed by atoms with van der Waals surface area (Å²) in [5.41, 5.74) is 6.43. The molecule has 104 valence electrons. The van der Waals surface area contributed by atoms with Crippen molar-refractivity contribution in [2.75, 3.05) is 13.7 Å². The van der Waals surface area contributed by atoms with Crippen LogP contribution in [0, 0.1) is 6.92 Å². The Morgan fingerprint density at radius 1 is 1.47 bits per heavy atom. The minimum absolute atomic E-state index is 0.0294. The smallest absolute Gasteiger partial charge is 0.320 e. The average molecular weight is 302 g/mol. The molecular formula is C11H14N2O4S2. The molecule has 0 saturated carbocycles. The van der Waals surface area contributed by atoms with Gasteiger partial charge in [-0.25, -0.2) is 8.42 Å². The lowest BCUT2D eigenvalue weighted by molar-refractivity contribution is -0.139. The maximum atomic E-state index is 12.0. The SMILES string of the molecule is COC(=O)CNS(=O)(=O)c1cc(C(N)=S)ccc1C. The molecule has 0 spiro atoms. The van der Waals surface area contributed by atoms with Crippen molar-refractivity contribution in [2.45, 2.75) is 11.8 Å². The van der Waals surface area contributed by atoms with Crippen molar-refractivity contribution in [2.24, 2.45) is 5.73 Å². The molecule has 0 heterocycles. The van der Waals surface area contributed by atoms with E-state index in [1.165, 1.54) is 13.2 Å². The number of aryl methyl sites for hydroxylation is 1. The van der Waals surface area contributed by atoms with E-state index in [2.05, 4.69) is 9.46 Å². The first kappa shape index (κ1) is 15.5. The summed E-state index contributed by atoms with van der Waals surface area (Å²) in [6.07, 6.45) is 0. The molecule has 1 rings (SSSR count). The molecule has 8 heteroatoms. The molecule has 0 aliphatic carbocycles. The second kappa shape index (κ2) is 6.09. The highest BCUT2D eigenvalue weighted by molar-refractivity contribution is 7.89. The fourth-order valence-corrected chi connectivity index (χ4v) is 2.71. The first-order valence-electron chi connectivity index (χ1n) is 5.25. The minimum Gasteiger partial charge on any atom is -0.468 e. The fourth-order valence-electron chi connectivity index (χ4n) is 1.35. The van der Waals surface area contributed by atoms with Gasteiger partial charge < -0.3 is 10.5 Å². The van der Waals surface area contributed by atoms with E-state index >= 15 is 0 Å². The number of carbonyl (C=O) groups excluding carboxylic acids is 1. The average Bonchev–Trinajstić information content (AvgIpc) is 2.36. The summed E-state index contributed by atoms with van der Waals surface area (Å²) in [4.78, 5) is 11.1. The first-order chi connectivity index (χ1) is 8.77. The van der Waals surface area contributed by atoms with Crippen molar-refractivity contribution < 1.29 is 17.9 Å². The number of methoxy groups -OCH3 is 1. The van der Waals surface area contributed by atoms with Gasteiger partial charge in [0.25, 0.3) is 0 Å². The van der Waals surface area contributed by atoms with Gasteiger partial charge in [0.15, 0.2) is 0 Å². The molecule has 1 aromatic rings. The minimum atomic E-state index is -3.82. The van der Waals surface area contributed by atoms with Gasteiger partial charge in [0.05, 0.1) is 12.0 Å². The van der Waals surface area contributed by atoms with E-state index in [1.54, 1.807) is 19.1 Å². The zero-order chi connectivity index (χ0) is 14.6. The van der Waals surface area contributed by atoms with Gasteiger partial charge in [0.1, 0.15) is 11.5 Å². The van der Waals surface area contributed by atoms with E-state index in [9.17, 15) is 13.2 Å². The Morgan fingerprint density at radius 2 is 2.11 bits per heavy atom. The molecule has 19 heavy (non-hydrogen) atoms. The number of esters is 1. The van der Waals surface area contributed by atoms with Gasteiger partial charge in [-0.1, -0.05) is 24.4 Å². The van der Waals surface area contributed by atoms with Crippen LogP contribution in [-0.2, 0) is 19.6 Å². The third-order valence-corrected chi connectivity index (χ3v) is 4.18. The van der Waals surface area contributed by atoms with E-state index in [0.717, 1.165) is 0 Å². The molecule has 0 radical (unpaired) electrons. The Hall–Kier alpha value is -1.51. The molecule has 3 N–H and O–H groups in total. The molecule has 0 amide bonds. The highest BCUT2D eigenvalue weighted by atomic mass is 32.2. The van der Waals surface area contributed by atoms with Crippen LogP contribution in [0.3, 0.4) is 0 Å². The maximum Gasteiger partial charge on any atom is 0.320 e. The van der Waals surface area contributed by atoms with Crippen LogP contribution in [0.4, 0.5) is 0 Å². The lowest BCUT2D eigenvalue weighted by Crippen LogP contribution is -2.31. The van der Waals surface area contributed by atoms with Crippen molar-refractivity contribution in [3.8, 4) is 0 Å². The molecule has 0 fully saturated rings. The molecule has 0 aliphatic rings. The van der Waals surface area contributed by atoms with Crippen LogP contribution in [0.5, 0.6) is 0 Å². The zero-order valence-corrected chi connectivity index (χ0v) is 12.1. The van der Waals surface area contributed by atoms with E-state index < -0.39 is 22.5 Å². The number of ether oxygens (including phenoxy) is 1. The number of hydrogen-bond acceptors (Lipinski definition) is 5. The maximum absolute atomic E-state index is 12.0. The first-order valence-corrected chi connectivity index (χ1v) is 7.14. The number of thiocarbonyl (C=S) groups is 1.